The number of benzene rings is 1. The average molecular weight is 162 g/mol. The molecule has 1 radical (unpaired) electrons. The van der Waals surface area contributed by atoms with Crippen LogP contribution in [0.4, 0.5) is 0 Å². The van der Waals surface area contributed by atoms with E-state index in [1.165, 1.54) is 16.7 Å². The third kappa shape index (κ3) is 2.35. The van der Waals surface area contributed by atoms with E-state index in [1.54, 1.807) is 0 Å². The summed E-state index contributed by atoms with van der Waals surface area (Å²) < 4.78 is 0. The maximum Gasteiger partial charge on any atom is -0.00424 e. The van der Waals surface area contributed by atoms with Gasteiger partial charge < -0.3 is 5.73 Å². The Hall–Kier alpha value is -0.820. The minimum absolute atomic E-state index is 0.660. The Bertz CT molecular complexity index is 253. The monoisotopic (exact) mass is 162 g/mol. The fourth-order valence-electron chi connectivity index (χ4n) is 1.18. The van der Waals surface area contributed by atoms with Gasteiger partial charge in [-0.3, -0.25) is 0 Å². The molecule has 0 bridgehead atoms. The standard InChI is InChI=1S/C11H16N/c1-9-5-6-11(4-3-7-12)8-10(9)2/h3,5-6,8H,4,7,12H2,1-2H3. The molecule has 0 aliphatic rings. The van der Waals surface area contributed by atoms with Crippen molar-refractivity contribution in [3.8, 4) is 0 Å². The zero-order chi connectivity index (χ0) is 8.97. The van der Waals surface area contributed by atoms with Crippen LogP contribution in [-0.4, -0.2) is 6.54 Å². The van der Waals surface area contributed by atoms with E-state index < -0.39 is 0 Å². The molecule has 0 fully saturated rings. The molecule has 2 N–H and O–H groups in total. The van der Waals surface area contributed by atoms with E-state index in [1.807, 2.05) is 0 Å². The fraction of sp³-hybridized carbons (Fsp3) is 0.364. The predicted molar refractivity (Wildman–Crippen MR) is 53.0 cm³/mol. The molecular formula is C11H16N. The minimum atomic E-state index is 0.660. The molecule has 0 unspecified atom stereocenters. The Kier molecular flexibility index (Phi) is 3.30. The second kappa shape index (κ2) is 4.27. The van der Waals surface area contributed by atoms with Crippen LogP contribution in [0.5, 0.6) is 0 Å². The largest absolute Gasteiger partial charge is 0.330 e. The molecule has 1 heteroatoms. The number of hydrogen-bond donors (Lipinski definition) is 1. The molecule has 0 atom stereocenters. The van der Waals surface area contributed by atoms with Crippen molar-refractivity contribution in [1.82, 2.24) is 0 Å². The molecule has 0 saturated carbocycles. The van der Waals surface area contributed by atoms with Gasteiger partial charge in [-0.15, -0.1) is 0 Å². The van der Waals surface area contributed by atoms with Crippen LogP contribution in [0.25, 0.3) is 0 Å². The number of hydrogen-bond acceptors (Lipinski definition) is 1. The summed E-state index contributed by atoms with van der Waals surface area (Å²) >= 11 is 0. The highest BCUT2D eigenvalue weighted by Gasteiger charge is 1.95. The third-order valence-corrected chi connectivity index (χ3v) is 2.12. The van der Waals surface area contributed by atoms with Crippen LogP contribution in [0.2, 0.25) is 0 Å². The van der Waals surface area contributed by atoms with E-state index >= 15 is 0 Å². The van der Waals surface area contributed by atoms with Crippen molar-refractivity contribution in [2.24, 2.45) is 5.73 Å². The van der Waals surface area contributed by atoms with Crippen molar-refractivity contribution < 1.29 is 0 Å². The Morgan fingerprint density at radius 3 is 2.58 bits per heavy atom. The highest BCUT2D eigenvalue weighted by Crippen LogP contribution is 2.10. The summed E-state index contributed by atoms with van der Waals surface area (Å²) in [6, 6.07) is 6.55. The van der Waals surface area contributed by atoms with Crippen LogP contribution >= 0.6 is 0 Å². The lowest BCUT2D eigenvalue weighted by atomic mass is 10.0. The smallest absolute Gasteiger partial charge is 0.00424 e. The van der Waals surface area contributed by atoms with E-state index in [4.69, 9.17) is 5.73 Å². The van der Waals surface area contributed by atoms with Crippen LogP contribution in [0.3, 0.4) is 0 Å². The molecule has 1 rings (SSSR count). The highest BCUT2D eigenvalue weighted by atomic mass is 14.5. The van der Waals surface area contributed by atoms with E-state index in [9.17, 15) is 0 Å². The molecule has 0 saturated heterocycles. The summed E-state index contributed by atoms with van der Waals surface area (Å²) in [7, 11) is 0. The van der Waals surface area contributed by atoms with Gasteiger partial charge in [0.25, 0.3) is 0 Å². The summed E-state index contributed by atoms with van der Waals surface area (Å²) in [5.41, 5.74) is 9.45. The summed E-state index contributed by atoms with van der Waals surface area (Å²) in [5, 5.41) is 0. The van der Waals surface area contributed by atoms with Crippen LogP contribution in [0, 0.1) is 20.3 Å². The Morgan fingerprint density at radius 2 is 2.00 bits per heavy atom. The number of nitrogens with two attached hydrogens (primary N) is 1. The van der Waals surface area contributed by atoms with Gasteiger partial charge in [0.15, 0.2) is 0 Å². The van der Waals surface area contributed by atoms with Crippen molar-refractivity contribution in [2.45, 2.75) is 20.3 Å². The minimum Gasteiger partial charge on any atom is -0.330 e. The van der Waals surface area contributed by atoms with Crippen LogP contribution in [-0.2, 0) is 6.42 Å². The maximum atomic E-state index is 5.39. The summed E-state index contributed by atoms with van der Waals surface area (Å²) in [5.74, 6) is 0. The number of rotatable bonds is 3. The zero-order valence-electron chi connectivity index (χ0n) is 7.80. The lowest BCUT2D eigenvalue weighted by Gasteiger charge is -2.03. The molecule has 1 nitrogen and oxygen atoms in total. The van der Waals surface area contributed by atoms with Gasteiger partial charge in [0.2, 0.25) is 0 Å². The molecule has 0 aromatic heterocycles. The van der Waals surface area contributed by atoms with Crippen molar-refractivity contribution in [2.75, 3.05) is 6.54 Å². The maximum absolute atomic E-state index is 5.39. The second-order valence-electron chi connectivity index (χ2n) is 3.15. The topological polar surface area (TPSA) is 26.0 Å². The summed E-state index contributed by atoms with van der Waals surface area (Å²) in [6.45, 7) is 4.93. The molecule has 0 heterocycles. The fourth-order valence-corrected chi connectivity index (χ4v) is 1.18. The molecular weight excluding hydrogens is 146 g/mol. The first-order valence-corrected chi connectivity index (χ1v) is 4.32. The number of aryl methyl sites for hydroxylation is 2. The summed E-state index contributed by atoms with van der Waals surface area (Å²) in [4.78, 5) is 0. The Morgan fingerprint density at radius 1 is 1.25 bits per heavy atom. The first-order valence-electron chi connectivity index (χ1n) is 4.32. The van der Waals surface area contributed by atoms with Crippen molar-refractivity contribution in [1.29, 1.82) is 0 Å². The third-order valence-electron chi connectivity index (χ3n) is 2.12. The molecule has 0 spiro atoms. The lowest BCUT2D eigenvalue weighted by Crippen LogP contribution is -2.01. The second-order valence-corrected chi connectivity index (χ2v) is 3.15. The van der Waals surface area contributed by atoms with Gasteiger partial charge in [0, 0.05) is 0 Å². The van der Waals surface area contributed by atoms with Gasteiger partial charge in [0.05, 0.1) is 0 Å². The molecule has 1 aromatic rings. The van der Waals surface area contributed by atoms with E-state index in [-0.39, 0.29) is 0 Å². The average Bonchev–Trinajstić information content (AvgIpc) is 2.07. The SMILES string of the molecule is Cc1ccc(C[CH]CN)cc1C. The van der Waals surface area contributed by atoms with E-state index in [0.29, 0.717) is 6.54 Å². The van der Waals surface area contributed by atoms with Crippen molar-refractivity contribution >= 4 is 0 Å². The normalized spacial score (nSPS) is 10.2. The van der Waals surface area contributed by atoms with E-state index in [0.717, 1.165) is 6.42 Å². The van der Waals surface area contributed by atoms with Gasteiger partial charge in [-0.25, -0.2) is 0 Å². The zero-order valence-corrected chi connectivity index (χ0v) is 7.80. The van der Waals surface area contributed by atoms with Crippen LogP contribution in [0.1, 0.15) is 16.7 Å². The van der Waals surface area contributed by atoms with Crippen molar-refractivity contribution in [3.05, 3.63) is 41.3 Å². The molecule has 65 valence electrons. The summed E-state index contributed by atoms with van der Waals surface area (Å²) in [6.07, 6.45) is 3.07. The lowest BCUT2D eigenvalue weighted by molar-refractivity contribution is 1.03. The predicted octanol–water partition coefficient (Wildman–Crippen LogP) is 2.01. The highest BCUT2D eigenvalue weighted by molar-refractivity contribution is 5.30. The van der Waals surface area contributed by atoms with Crippen LogP contribution < -0.4 is 5.73 Å². The first-order chi connectivity index (χ1) is 5.74. The van der Waals surface area contributed by atoms with Gasteiger partial charge in [-0.2, -0.15) is 0 Å². The van der Waals surface area contributed by atoms with Gasteiger partial charge in [-0.05, 0) is 49.9 Å². The molecule has 0 amide bonds. The van der Waals surface area contributed by atoms with E-state index in [2.05, 4.69) is 38.5 Å². The van der Waals surface area contributed by atoms with Crippen molar-refractivity contribution in [3.63, 3.8) is 0 Å². The van der Waals surface area contributed by atoms with Gasteiger partial charge >= 0.3 is 0 Å². The molecule has 0 aliphatic heterocycles. The first kappa shape index (κ1) is 9.27. The Balaban J connectivity index is 2.69. The molecule has 0 aliphatic carbocycles. The quantitative estimate of drug-likeness (QED) is 0.723. The molecule has 12 heavy (non-hydrogen) atoms. The van der Waals surface area contributed by atoms with Gasteiger partial charge in [0.1, 0.15) is 0 Å². The molecule has 1 aromatic carbocycles. The van der Waals surface area contributed by atoms with Gasteiger partial charge in [-0.1, -0.05) is 18.2 Å². The van der Waals surface area contributed by atoms with Crippen LogP contribution in [0.15, 0.2) is 18.2 Å². The Labute approximate surface area is 74.6 Å².